The molecule has 4 aromatic rings. The molecule has 0 aliphatic carbocycles. The number of pyridine rings is 1. The number of nitrogens with zero attached hydrogens (tertiary/aromatic N) is 1. The SMILES string of the molecule is CCC(C(=O)NC(=S)Nc1ccc(Oc2ccnc3cc(OC)c(OC)cc23)c(Cl)c1)c1ccccc1. The Morgan fingerprint density at radius 1 is 0.973 bits per heavy atom. The molecule has 1 aromatic heterocycles. The number of rotatable bonds is 8. The molecule has 1 atom stereocenters. The van der Waals surface area contributed by atoms with Crippen LogP contribution in [0.4, 0.5) is 5.69 Å². The highest BCUT2D eigenvalue weighted by Crippen LogP contribution is 2.38. The summed E-state index contributed by atoms with van der Waals surface area (Å²) in [6, 6.07) is 20.1. The van der Waals surface area contributed by atoms with E-state index in [1.54, 1.807) is 56.8 Å². The molecule has 0 aliphatic rings. The van der Waals surface area contributed by atoms with Crippen LogP contribution in [0.5, 0.6) is 23.0 Å². The van der Waals surface area contributed by atoms with Gasteiger partial charge in [-0.15, -0.1) is 0 Å². The molecule has 0 bridgehead atoms. The van der Waals surface area contributed by atoms with Crippen LogP contribution in [0.2, 0.25) is 5.02 Å². The lowest BCUT2D eigenvalue weighted by atomic mass is 9.96. The average molecular weight is 536 g/mol. The molecule has 0 fully saturated rings. The number of aromatic nitrogens is 1. The van der Waals surface area contributed by atoms with Gasteiger partial charge in [0, 0.05) is 23.3 Å². The third-order valence-electron chi connectivity index (χ3n) is 5.78. The Kier molecular flexibility index (Phi) is 8.43. The maximum absolute atomic E-state index is 12.8. The van der Waals surface area contributed by atoms with Gasteiger partial charge in [-0.05, 0) is 54.5 Å². The van der Waals surface area contributed by atoms with Crippen molar-refractivity contribution in [3.8, 4) is 23.0 Å². The normalized spacial score (nSPS) is 11.5. The third-order valence-corrected chi connectivity index (χ3v) is 6.28. The van der Waals surface area contributed by atoms with Crippen molar-refractivity contribution in [1.29, 1.82) is 0 Å². The number of thiocarbonyl (C=S) groups is 1. The topological polar surface area (TPSA) is 81.7 Å². The number of amides is 1. The van der Waals surface area contributed by atoms with Crippen LogP contribution in [0, 0.1) is 0 Å². The summed E-state index contributed by atoms with van der Waals surface area (Å²) >= 11 is 11.9. The highest BCUT2D eigenvalue weighted by molar-refractivity contribution is 7.80. The number of nitrogens with one attached hydrogen (secondary N) is 2. The summed E-state index contributed by atoms with van der Waals surface area (Å²) in [4.78, 5) is 17.2. The lowest BCUT2D eigenvalue weighted by Gasteiger charge is -2.17. The molecule has 37 heavy (non-hydrogen) atoms. The Hall–Kier alpha value is -3.88. The van der Waals surface area contributed by atoms with E-state index in [1.807, 2.05) is 37.3 Å². The monoisotopic (exact) mass is 535 g/mol. The van der Waals surface area contributed by atoms with Crippen LogP contribution in [0.3, 0.4) is 0 Å². The van der Waals surface area contributed by atoms with Crippen molar-refractivity contribution in [3.63, 3.8) is 0 Å². The molecule has 9 heteroatoms. The van der Waals surface area contributed by atoms with Gasteiger partial charge in [0.05, 0.1) is 30.7 Å². The highest BCUT2D eigenvalue weighted by atomic mass is 35.5. The predicted octanol–water partition coefficient (Wildman–Crippen LogP) is 6.70. The fourth-order valence-corrected chi connectivity index (χ4v) is 4.37. The Morgan fingerprint density at radius 3 is 2.38 bits per heavy atom. The van der Waals surface area contributed by atoms with Gasteiger partial charge in [-0.1, -0.05) is 48.9 Å². The summed E-state index contributed by atoms with van der Waals surface area (Å²) in [5, 5.41) is 7.07. The Morgan fingerprint density at radius 2 is 1.70 bits per heavy atom. The van der Waals surface area contributed by atoms with Crippen LogP contribution >= 0.6 is 23.8 Å². The van der Waals surface area contributed by atoms with Crippen LogP contribution in [0.25, 0.3) is 10.9 Å². The molecular formula is C28H26ClN3O4S. The Balaban J connectivity index is 1.47. The van der Waals surface area contributed by atoms with Crippen LogP contribution < -0.4 is 24.8 Å². The van der Waals surface area contributed by atoms with Crippen LogP contribution in [0.1, 0.15) is 24.8 Å². The number of carbonyl (C=O) groups is 1. The van der Waals surface area contributed by atoms with E-state index in [4.69, 9.17) is 38.0 Å². The van der Waals surface area contributed by atoms with Gasteiger partial charge in [0.25, 0.3) is 0 Å². The van der Waals surface area contributed by atoms with Crippen molar-refractivity contribution in [2.24, 2.45) is 0 Å². The summed E-state index contributed by atoms with van der Waals surface area (Å²) in [5.41, 5.74) is 2.24. The molecule has 4 rings (SSSR count). The molecule has 1 amide bonds. The second-order valence-corrected chi connectivity index (χ2v) is 8.91. The summed E-state index contributed by atoms with van der Waals surface area (Å²) < 4.78 is 16.9. The van der Waals surface area contributed by atoms with E-state index in [2.05, 4.69) is 15.6 Å². The van der Waals surface area contributed by atoms with Gasteiger partial charge >= 0.3 is 0 Å². The molecule has 0 spiro atoms. The molecule has 7 nitrogen and oxygen atoms in total. The van der Waals surface area contributed by atoms with E-state index < -0.39 is 0 Å². The lowest BCUT2D eigenvalue weighted by molar-refractivity contribution is -0.121. The molecule has 0 saturated heterocycles. The number of benzene rings is 3. The number of ether oxygens (including phenoxy) is 3. The molecule has 0 saturated carbocycles. The minimum atomic E-state index is -0.297. The minimum absolute atomic E-state index is 0.172. The van der Waals surface area contributed by atoms with Gasteiger partial charge in [-0.25, -0.2) is 0 Å². The summed E-state index contributed by atoms with van der Waals surface area (Å²) in [5.74, 6) is 1.67. The summed E-state index contributed by atoms with van der Waals surface area (Å²) in [6.07, 6.45) is 2.30. The van der Waals surface area contributed by atoms with Crippen molar-refractivity contribution in [1.82, 2.24) is 10.3 Å². The number of halogens is 1. The standard InChI is InChI=1S/C28H26ClN3O4S/c1-4-19(17-8-6-5-7-9-17)27(33)32-28(37)31-18-10-11-24(21(29)14-18)36-23-12-13-30-22-16-26(35-3)25(34-2)15-20(22)23/h5-16,19H,4H2,1-3H3,(H2,31,32,33,37). The van der Waals surface area contributed by atoms with Crippen LogP contribution in [0.15, 0.2) is 72.9 Å². The van der Waals surface area contributed by atoms with Gasteiger partial charge in [-0.2, -0.15) is 0 Å². The second kappa shape index (κ2) is 11.9. The number of hydrogen-bond donors (Lipinski definition) is 2. The van der Waals surface area contributed by atoms with E-state index in [1.165, 1.54) is 0 Å². The first-order valence-electron chi connectivity index (χ1n) is 11.6. The molecule has 0 radical (unpaired) electrons. The average Bonchev–Trinajstić information content (AvgIpc) is 2.90. The largest absolute Gasteiger partial charge is 0.493 e. The quantitative estimate of drug-likeness (QED) is 0.243. The van der Waals surface area contributed by atoms with Crippen molar-refractivity contribution >= 4 is 51.4 Å². The first kappa shape index (κ1) is 26.2. The first-order chi connectivity index (χ1) is 17.9. The van der Waals surface area contributed by atoms with E-state index in [-0.39, 0.29) is 16.9 Å². The van der Waals surface area contributed by atoms with E-state index >= 15 is 0 Å². The maximum Gasteiger partial charge on any atom is 0.233 e. The zero-order valence-corrected chi connectivity index (χ0v) is 22.2. The maximum atomic E-state index is 12.8. The fraction of sp³-hybridized carbons (Fsp3) is 0.179. The first-order valence-corrected chi connectivity index (χ1v) is 12.4. The minimum Gasteiger partial charge on any atom is -0.493 e. The Labute approximate surface area is 225 Å². The molecule has 0 aliphatic heterocycles. The van der Waals surface area contributed by atoms with Crippen molar-refractivity contribution in [2.45, 2.75) is 19.3 Å². The van der Waals surface area contributed by atoms with Crippen LogP contribution in [-0.2, 0) is 4.79 Å². The van der Waals surface area contributed by atoms with Gasteiger partial charge < -0.3 is 24.8 Å². The van der Waals surface area contributed by atoms with Crippen LogP contribution in [-0.4, -0.2) is 30.2 Å². The van der Waals surface area contributed by atoms with Gasteiger partial charge in [0.1, 0.15) is 11.5 Å². The van der Waals surface area contributed by atoms with Gasteiger partial charge in [0.2, 0.25) is 5.91 Å². The van der Waals surface area contributed by atoms with Crippen molar-refractivity contribution < 1.29 is 19.0 Å². The van der Waals surface area contributed by atoms with E-state index in [9.17, 15) is 4.79 Å². The molecule has 2 N–H and O–H groups in total. The second-order valence-electron chi connectivity index (χ2n) is 8.10. The smallest absolute Gasteiger partial charge is 0.233 e. The lowest BCUT2D eigenvalue weighted by Crippen LogP contribution is -2.37. The number of carbonyl (C=O) groups excluding carboxylic acids is 1. The Bertz CT molecular complexity index is 1430. The molecule has 3 aromatic carbocycles. The fourth-order valence-electron chi connectivity index (χ4n) is 3.94. The molecule has 1 unspecified atom stereocenters. The number of methoxy groups -OCH3 is 2. The highest BCUT2D eigenvalue weighted by Gasteiger charge is 2.19. The summed E-state index contributed by atoms with van der Waals surface area (Å²) in [7, 11) is 3.14. The zero-order valence-electron chi connectivity index (χ0n) is 20.6. The number of anilines is 1. The van der Waals surface area contributed by atoms with Gasteiger partial charge in [-0.3, -0.25) is 9.78 Å². The number of fused-ring (bicyclic) bond motifs is 1. The van der Waals surface area contributed by atoms with Crippen molar-refractivity contribution in [2.75, 3.05) is 19.5 Å². The van der Waals surface area contributed by atoms with Gasteiger partial charge in [0.15, 0.2) is 16.6 Å². The number of hydrogen-bond acceptors (Lipinski definition) is 6. The third kappa shape index (κ3) is 6.10. The molecule has 190 valence electrons. The van der Waals surface area contributed by atoms with E-state index in [0.717, 1.165) is 10.9 Å². The summed E-state index contributed by atoms with van der Waals surface area (Å²) in [6.45, 7) is 1.96. The predicted molar refractivity (Wildman–Crippen MR) is 150 cm³/mol. The molecular weight excluding hydrogens is 510 g/mol. The van der Waals surface area contributed by atoms with E-state index in [0.29, 0.717) is 45.6 Å². The zero-order chi connectivity index (χ0) is 26.4. The van der Waals surface area contributed by atoms with Crippen molar-refractivity contribution in [3.05, 3.63) is 83.5 Å². The molecule has 1 heterocycles.